The minimum atomic E-state index is -0.971. The normalized spacial score (nSPS) is 10.6. The van der Waals surface area contributed by atoms with Crippen LogP contribution < -0.4 is 0 Å². The van der Waals surface area contributed by atoms with Crippen molar-refractivity contribution in [3.8, 4) is 5.69 Å². The Morgan fingerprint density at radius 3 is 2.58 bits per heavy atom. The molecule has 2 rings (SSSR count). The van der Waals surface area contributed by atoms with E-state index in [9.17, 15) is 9.90 Å². The second-order valence-corrected chi connectivity index (χ2v) is 4.24. The van der Waals surface area contributed by atoms with Crippen LogP contribution in [0.25, 0.3) is 5.69 Å². The van der Waals surface area contributed by atoms with Gasteiger partial charge in [-0.3, -0.25) is 0 Å². The molecule has 0 radical (unpaired) electrons. The number of hydrogen-bond acceptors (Lipinski definition) is 3. The van der Waals surface area contributed by atoms with Crippen molar-refractivity contribution >= 4 is 5.97 Å². The van der Waals surface area contributed by atoms with Crippen molar-refractivity contribution in [1.82, 2.24) is 9.78 Å². The van der Waals surface area contributed by atoms with Gasteiger partial charge in [-0.1, -0.05) is 18.2 Å². The number of rotatable bonds is 6. The van der Waals surface area contributed by atoms with Crippen LogP contribution in [0.1, 0.15) is 28.9 Å². The molecule has 1 heterocycles. The standard InChI is InChI=1S/C14H16N2O3/c17-9-5-4-8-13-12(14(18)19)10-15-16(13)11-6-2-1-3-7-11/h1-3,6-7,10,17H,4-5,8-9H2,(H,18,19). The Hall–Kier alpha value is -2.14. The number of aliphatic hydroxyl groups is 1. The molecule has 1 aromatic carbocycles. The fraction of sp³-hybridized carbons (Fsp3) is 0.286. The molecule has 0 spiro atoms. The van der Waals surface area contributed by atoms with Crippen molar-refractivity contribution in [2.45, 2.75) is 19.3 Å². The largest absolute Gasteiger partial charge is 0.478 e. The number of para-hydroxylation sites is 1. The van der Waals surface area contributed by atoms with Gasteiger partial charge in [-0.25, -0.2) is 9.48 Å². The average molecular weight is 260 g/mol. The van der Waals surface area contributed by atoms with E-state index in [1.807, 2.05) is 30.3 Å². The highest BCUT2D eigenvalue weighted by atomic mass is 16.4. The van der Waals surface area contributed by atoms with E-state index in [1.54, 1.807) is 4.68 Å². The van der Waals surface area contributed by atoms with Crippen LogP contribution in [0.3, 0.4) is 0 Å². The molecule has 0 saturated heterocycles. The molecule has 0 aliphatic heterocycles. The zero-order chi connectivity index (χ0) is 13.7. The van der Waals surface area contributed by atoms with E-state index < -0.39 is 5.97 Å². The first kappa shape index (κ1) is 13.3. The third kappa shape index (κ3) is 3.00. The van der Waals surface area contributed by atoms with Crippen LogP contribution in [0.4, 0.5) is 0 Å². The Labute approximate surface area is 111 Å². The highest BCUT2D eigenvalue weighted by Gasteiger charge is 2.16. The number of hydrogen-bond donors (Lipinski definition) is 2. The summed E-state index contributed by atoms with van der Waals surface area (Å²) in [5, 5.41) is 22.2. The van der Waals surface area contributed by atoms with Gasteiger partial charge >= 0.3 is 5.97 Å². The maximum Gasteiger partial charge on any atom is 0.339 e. The van der Waals surface area contributed by atoms with Crippen molar-refractivity contribution in [2.75, 3.05) is 6.61 Å². The second kappa shape index (κ2) is 6.15. The van der Waals surface area contributed by atoms with Gasteiger partial charge in [0.1, 0.15) is 5.56 Å². The molecule has 5 heteroatoms. The zero-order valence-electron chi connectivity index (χ0n) is 10.5. The van der Waals surface area contributed by atoms with Crippen LogP contribution >= 0.6 is 0 Å². The van der Waals surface area contributed by atoms with Crippen LogP contribution in [0, 0.1) is 0 Å². The summed E-state index contributed by atoms with van der Waals surface area (Å²) in [6.45, 7) is 0.113. The molecule has 0 amide bonds. The van der Waals surface area contributed by atoms with Crippen molar-refractivity contribution < 1.29 is 15.0 Å². The highest BCUT2D eigenvalue weighted by molar-refractivity contribution is 5.88. The molecular formula is C14H16N2O3. The van der Waals surface area contributed by atoms with E-state index in [-0.39, 0.29) is 12.2 Å². The van der Waals surface area contributed by atoms with E-state index in [0.717, 1.165) is 12.1 Å². The predicted octanol–water partition coefficient (Wildman–Crippen LogP) is 1.89. The number of carboxylic acids is 1. The van der Waals surface area contributed by atoms with Gasteiger partial charge in [-0.2, -0.15) is 5.10 Å². The average Bonchev–Trinajstić information content (AvgIpc) is 2.84. The molecule has 0 aliphatic carbocycles. The lowest BCUT2D eigenvalue weighted by molar-refractivity contribution is 0.0695. The third-order valence-electron chi connectivity index (χ3n) is 2.92. The van der Waals surface area contributed by atoms with Crippen LogP contribution in [-0.2, 0) is 6.42 Å². The fourth-order valence-corrected chi connectivity index (χ4v) is 1.99. The Balaban J connectivity index is 2.35. The molecule has 100 valence electrons. The van der Waals surface area contributed by atoms with Gasteiger partial charge in [0.25, 0.3) is 0 Å². The molecule has 2 N–H and O–H groups in total. The molecule has 2 aromatic rings. The first-order valence-corrected chi connectivity index (χ1v) is 6.20. The summed E-state index contributed by atoms with van der Waals surface area (Å²) in [4.78, 5) is 11.2. The van der Waals surface area contributed by atoms with E-state index >= 15 is 0 Å². The van der Waals surface area contributed by atoms with Gasteiger partial charge in [-0.15, -0.1) is 0 Å². The Morgan fingerprint density at radius 2 is 1.95 bits per heavy atom. The number of carboxylic acid groups (broad SMARTS) is 1. The van der Waals surface area contributed by atoms with Crippen molar-refractivity contribution in [1.29, 1.82) is 0 Å². The molecule has 0 aliphatic rings. The van der Waals surface area contributed by atoms with Crippen molar-refractivity contribution in [2.24, 2.45) is 0 Å². The van der Waals surface area contributed by atoms with Gasteiger partial charge in [0.2, 0.25) is 0 Å². The van der Waals surface area contributed by atoms with Crippen LogP contribution in [0.2, 0.25) is 0 Å². The molecule has 0 atom stereocenters. The molecule has 0 unspecified atom stereocenters. The smallest absolute Gasteiger partial charge is 0.339 e. The van der Waals surface area contributed by atoms with Gasteiger partial charge in [0, 0.05) is 6.61 Å². The minimum Gasteiger partial charge on any atom is -0.478 e. The number of aromatic nitrogens is 2. The second-order valence-electron chi connectivity index (χ2n) is 4.24. The molecule has 0 fully saturated rings. The van der Waals surface area contributed by atoms with Crippen LogP contribution in [-0.4, -0.2) is 32.6 Å². The first-order valence-electron chi connectivity index (χ1n) is 6.20. The van der Waals surface area contributed by atoms with Gasteiger partial charge < -0.3 is 10.2 Å². The summed E-state index contributed by atoms with van der Waals surface area (Å²) in [6, 6.07) is 9.43. The van der Waals surface area contributed by atoms with Gasteiger partial charge in [-0.05, 0) is 31.4 Å². The maximum absolute atomic E-state index is 11.2. The number of nitrogens with zero attached hydrogens (tertiary/aromatic N) is 2. The fourth-order valence-electron chi connectivity index (χ4n) is 1.99. The summed E-state index contributed by atoms with van der Waals surface area (Å²) < 4.78 is 1.65. The van der Waals surface area contributed by atoms with Gasteiger partial charge in [0.05, 0.1) is 17.6 Å². The SMILES string of the molecule is O=C(O)c1cnn(-c2ccccc2)c1CCCCO. The molecule has 0 bridgehead atoms. The molecule has 1 aromatic heterocycles. The monoisotopic (exact) mass is 260 g/mol. The van der Waals surface area contributed by atoms with Crippen LogP contribution in [0.15, 0.2) is 36.5 Å². The maximum atomic E-state index is 11.2. The lowest BCUT2D eigenvalue weighted by atomic mass is 10.1. The number of aromatic carboxylic acids is 1. The molecule has 19 heavy (non-hydrogen) atoms. The summed E-state index contributed by atoms with van der Waals surface area (Å²) in [7, 11) is 0. The van der Waals surface area contributed by atoms with E-state index in [4.69, 9.17) is 5.11 Å². The zero-order valence-corrected chi connectivity index (χ0v) is 10.5. The highest BCUT2D eigenvalue weighted by Crippen LogP contribution is 2.17. The van der Waals surface area contributed by atoms with E-state index in [0.29, 0.717) is 18.5 Å². The van der Waals surface area contributed by atoms with Gasteiger partial charge in [0.15, 0.2) is 0 Å². The number of aliphatic hydroxyl groups excluding tert-OH is 1. The Morgan fingerprint density at radius 1 is 1.21 bits per heavy atom. The Bertz CT molecular complexity index is 549. The van der Waals surface area contributed by atoms with E-state index in [1.165, 1.54) is 6.20 Å². The minimum absolute atomic E-state index is 0.113. The molecule has 0 saturated carbocycles. The van der Waals surface area contributed by atoms with Crippen molar-refractivity contribution in [3.05, 3.63) is 47.8 Å². The van der Waals surface area contributed by atoms with Crippen molar-refractivity contribution in [3.63, 3.8) is 0 Å². The number of carbonyl (C=O) groups is 1. The number of unbranched alkanes of at least 4 members (excludes halogenated alkanes) is 1. The molecular weight excluding hydrogens is 244 g/mol. The first-order chi connectivity index (χ1) is 9.24. The lowest BCUT2D eigenvalue weighted by Crippen LogP contribution is -2.07. The van der Waals surface area contributed by atoms with E-state index in [2.05, 4.69) is 5.10 Å². The molecule has 5 nitrogen and oxygen atoms in total. The number of benzene rings is 1. The summed E-state index contributed by atoms with van der Waals surface area (Å²) in [5.74, 6) is -0.971. The summed E-state index contributed by atoms with van der Waals surface area (Å²) in [5.41, 5.74) is 1.74. The third-order valence-corrected chi connectivity index (χ3v) is 2.92. The Kier molecular flexibility index (Phi) is 4.30. The quantitative estimate of drug-likeness (QED) is 0.778. The summed E-state index contributed by atoms with van der Waals surface area (Å²) in [6.07, 6.45) is 3.34. The summed E-state index contributed by atoms with van der Waals surface area (Å²) >= 11 is 0. The topological polar surface area (TPSA) is 75.3 Å². The predicted molar refractivity (Wildman–Crippen MR) is 70.5 cm³/mol. The van der Waals surface area contributed by atoms with Crippen LogP contribution in [0.5, 0.6) is 0 Å². The lowest BCUT2D eigenvalue weighted by Gasteiger charge is -2.08.